The number of hydrogen-bond acceptors (Lipinski definition) is 5. The second-order valence-corrected chi connectivity index (χ2v) is 7.04. The van der Waals surface area contributed by atoms with Crippen molar-refractivity contribution >= 4 is 18.3 Å². The molecule has 7 nitrogen and oxygen atoms in total. The van der Waals surface area contributed by atoms with Crippen LogP contribution < -0.4 is 10.6 Å². The van der Waals surface area contributed by atoms with E-state index in [-0.39, 0.29) is 24.7 Å². The van der Waals surface area contributed by atoms with Crippen molar-refractivity contribution in [3.05, 3.63) is 65.7 Å². The van der Waals surface area contributed by atoms with Crippen LogP contribution in [0, 0.1) is 5.92 Å². The van der Waals surface area contributed by atoms with Crippen LogP contribution in [0.5, 0.6) is 5.75 Å². The zero-order chi connectivity index (χ0) is 21.2. The van der Waals surface area contributed by atoms with Gasteiger partial charge in [0.05, 0.1) is 6.04 Å². The number of amides is 2. The van der Waals surface area contributed by atoms with E-state index < -0.39 is 24.1 Å². The summed E-state index contributed by atoms with van der Waals surface area (Å²) in [6, 6.07) is 13.9. The first kappa shape index (κ1) is 21.9. The third-order valence-electron chi connectivity index (χ3n) is 4.37. The summed E-state index contributed by atoms with van der Waals surface area (Å²) < 4.78 is 5.20. The number of rotatable bonds is 9. The van der Waals surface area contributed by atoms with Gasteiger partial charge >= 0.3 is 6.09 Å². The summed E-state index contributed by atoms with van der Waals surface area (Å²) in [7, 11) is 0. The molecule has 0 bridgehead atoms. The Hall–Kier alpha value is -3.35. The molecule has 2 atom stereocenters. The number of alkyl carbamates (subject to hydrolysis) is 1. The predicted molar refractivity (Wildman–Crippen MR) is 108 cm³/mol. The minimum atomic E-state index is -0.941. The smallest absolute Gasteiger partial charge is 0.408 e. The minimum Gasteiger partial charge on any atom is -0.508 e. The van der Waals surface area contributed by atoms with Crippen molar-refractivity contribution in [2.45, 2.75) is 39.0 Å². The Morgan fingerprint density at radius 2 is 1.66 bits per heavy atom. The van der Waals surface area contributed by atoms with Crippen LogP contribution in [-0.2, 0) is 27.4 Å². The highest BCUT2D eigenvalue weighted by molar-refractivity contribution is 5.87. The highest BCUT2D eigenvalue weighted by Crippen LogP contribution is 2.12. The maximum absolute atomic E-state index is 12.7. The molecule has 2 aromatic rings. The van der Waals surface area contributed by atoms with E-state index in [1.54, 1.807) is 12.1 Å². The normalized spacial score (nSPS) is 12.7. The van der Waals surface area contributed by atoms with Crippen LogP contribution in [0.4, 0.5) is 4.79 Å². The number of aldehydes is 1. The van der Waals surface area contributed by atoms with Gasteiger partial charge in [0.1, 0.15) is 24.7 Å². The first-order valence-corrected chi connectivity index (χ1v) is 9.40. The van der Waals surface area contributed by atoms with Crippen LogP contribution in [0.3, 0.4) is 0 Å². The molecule has 2 amide bonds. The summed E-state index contributed by atoms with van der Waals surface area (Å²) in [5.41, 5.74) is 1.56. The van der Waals surface area contributed by atoms with E-state index in [0.717, 1.165) is 11.1 Å². The van der Waals surface area contributed by atoms with E-state index in [2.05, 4.69) is 10.6 Å². The molecule has 0 spiro atoms. The first-order valence-electron chi connectivity index (χ1n) is 9.40. The maximum Gasteiger partial charge on any atom is 0.408 e. The summed E-state index contributed by atoms with van der Waals surface area (Å²) in [6.07, 6.45) is 0.115. The van der Waals surface area contributed by atoms with E-state index in [1.807, 2.05) is 44.2 Å². The van der Waals surface area contributed by atoms with Crippen molar-refractivity contribution in [2.75, 3.05) is 0 Å². The standard InChI is InChI=1S/C22H26N2O5/c1-15(2)20(13-25)23-21(27)19(12-16-8-10-18(26)11-9-16)24-22(28)29-14-17-6-4-3-5-7-17/h3-11,13,15,19-20,26H,12,14H2,1-2H3,(H,23,27)(H,24,28)/t19-,20+/m0/s1. The van der Waals surface area contributed by atoms with Gasteiger partial charge in [-0.1, -0.05) is 56.3 Å². The molecule has 2 rings (SSSR count). The molecule has 154 valence electrons. The molecule has 0 unspecified atom stereocenters. The van der Waals surface area contributed by atoms with Crippen molar-refractivity contribution < 1.29 is 24.2 Å². The molecule has 0 aromatic heterocycles. The number of benzene rings is 2. The molecule has 0 fully saturated rings. The van der Waals surface area contributed by atoms with E-state index >= 15 is 0 Å². The molecule has 0 saturated heterocycles. The van der Waals surface area contributed by atoms with Crippen molar-refractivity contribution in [1.82, 2.24) is 10.6 Å². The van der Waals surface area contributed by atoms with Gasteiger partial charge in [-0.25, -0.2) is 4.79 Å². The van der Waals surface area contributed by atoms with Crippen molar-refractivity contribution in [3.63, 3.8) is 0 Å². The average Bonchev–Trinajstić information content (AvgIpc) is 2.72. The van der Waals surface area contributed by atoms with Crippen molar-refractivity contribution in [1.29, 1.82) is 0 Å². The van der Waals surface area contributed by atoms with Crippen molar-refractivity contribution in [3.8, 4) is 5.75 Å². The average molecular weight is 398 g/mol. The molecule has 7 heteroatoms. The van der Waals surface area contributed by atoms with Gasteiger partial charge in [0.15, 0.2) is 0 Å². The molecule has 29 heavy (non-hydrogen) atoms. The summed E-state index contributed by atoms with van der Waals surface area (Å²) in [5.74, 6) is -0.470. The number of carbonyl (C=O) groups is 3. The van der Waals surface area contributed by atoms with Crippen LogP contribution in [0.25, 0.3) is 0 Å². The molecule has 3 N–H and O–H groups in total. The number of nitrogens with one attached hydrogen (secondary N) is 2. The SMILES string of the molecule is CC(C)[C@@H](C=O)NC(=O)[C@H](Cc1ccc(O)cc1)NC(=O)OCc1ccccc1. The first-order chi connectivity index (χ1) is 13.9. The molecule has 0 heterocycles. The largest absolute Gasteiger partial charge is 0.508 e. The van der Waals surface area contributed by atoms with Gasteiger partial charge in [0, 0.05) is 6.42 Å². The summed E-state index contributed by atoms with van der Waals surface area (Å²) in [4.78, 5) is 36.2. The summed E-state index contributed by atoms with van der Waals surface area (Å²) in [6.45, 7) is 3.70. The third-order valence-corrected chi connectivity index (χ3v) is 4.37. The lowest BCUT2D eigenvalue weighted by atomic mass is 10.0. The predicted octanol–water partition coefficient (Wildman–Crippen LogP) is 2.57. The van der Waals surface area contributed by atoms with E-state index in [1.165, 1.54) is 12.1 Å². The van der Waals surface area contributed by atoms with Gasteiger partial charge in [-0.2, -0.15) is 0 Å². The third kappa shape index (κ3) is 7.29. The fourth-order valence-electron chi connectivity index (χ4n) is 2.61. The zero-order valence-corrected chi connectivity index (χ0v) is 16.5. The lowest BCUT2D eigenvalue weighted by molar-refractivity contribution is -0.126. The van der Waals surface area contributed by atoms with Crippen LogP contribution in [0.1, 0.15) is 25.0 Å². The number of ether oxygens (including phenoxy) is 1. The van der Waals surface area contributed by atoms with Crippen LogP contribution in [0.2, 0.25) is 0 Å². The molecule has 0 aliphatic rings. The van der Waals surface area contributed by atoms with E-state index in [4.69, 9.17) is 4.74 Å². The fraction of sp³-hybridized carbons (Fsp3) is 0.318. The van der Waals surface area contributed by atoms with Crippen molar-refractivity contribution in [2.24, 2.45) is 5.92 Å². The van der Waals surface area contributed by atoms with Crippen LogP contribution >= 0.6 is 0 Å². The van der Waals surface area contributed by atoms with Gasteiger partial charge in [0.2, 0.25) is 5.91 Å². The highest BCUT2D eigenvalue weighted by atomic mass is 16.5. The van der Waals surface area contributed by atoms with Crippen LogP contribution in [-0.4, -0.2) is 35.5 Å². The molecule has 0 saturated carbocycles. The monoisotopic (exact) mass is 398 g/mol. The van der Waals surface area contributed by atoms with Gasteiger partial charge < -0.3 is 25.3 Å². The Labute approximate surface area is 170 Å². The second kappa shape index (κ2) is 10.8. The Morgan fingerprint density at radius 1 is 1.00 bits per heavy atom. The number of carbonyl (C=O) groups excluding carboxylic acids is 3. The zero-order valence-electron chi connectivity index (χ0n) is 16.5. The lowest BCUT2D eigenvalue weighted by Gasteiger charge is -2.22. The fourth-order valence-corrected chi connectivity index (χ4v) is 2.61. The summed E-state index contributed by atoms with van der Waals surface area (Å²) in [5, 5.41) is 14.6. The highest BCUT2D eigenvalue weighted by Gasteiger charge is 2.25. The molecule has 0 aliphatic carbocycles. The Kier molecular flexibility index (Phi) is 8.21. The van der Waals surface area contributed by atoms with Gasteiger partial charge in [-0.3, -0.25) is 4.79 Å². The quantitative estimate of drug-likeness (QED) is 0.563. The Balaban J connectivity index is 2.05. The molecule has 0 radical (unpaired) electrons. The number of phenols is 1. The Morgan fingerprint density at radius 3 is 2.24 bits per heavy atom. The number of hydrogen-bond donors (Lipinski definition) is 3. The molecular formula is C22H26N2O5. The second-order valence-electron chi connectivity index (χ2n) is 7.04. The number of aromatic hydroxyl groups is 1. The van der Waals surface area contributed by atoms with E-state index in [9.17, 15) is 19.5 Å². The van der Waals surface area contributed by atoms with Crippen LogP contribution in [0.15, 0.2) is 54.6 Å². The van der Waals surface area contributed by atoms with Gasteiger partial charge in [0.25, 0.3) is 0 Å². The van der Waals surface area contributed by atoms with Gasteiger partial charge in [-0.15, -0.1) is 0 Å². The summed E-state index contributed by atoms with van der Waals surface area (Å²) >= 11 is 0. The minimum absolute atomic E-state index is 0.0726. The Bertz CT molecular complexity index is 806. The molecule has 0 aliphatic heterocycles. The number of phenolic OH excluding ortho intramolecular Hbond substituents is 1. The van der Waals surface area contributed by atoms with E-state index in [0.29, 0.717) is 6.29 Å². The molecular weight excluding hydrogens is 372 g/mol. The van der Waals surface area contributed by atoms with Gasteiger partial charge in [-0.05, 0) is 29.2 Å². The maximum atomic E-state index is 12.7. The lowest BCUT2D eigenvalue weighted by Crippen LogP contribution is -2.52. The molecule has 2 aromatic carbocycles. The topological polar surface area (TPSA) is 105 Å².